The molecule has 1 aromatic rings. The molecule has 3 heterocycles. The van der Waals surface area contributed by atoms with E-state index in [1.807, 2.05) is 25.1 Å². The summed E-state index contributed by atoms with van der Waals surface area (Å²) in [6.45, 7) is 4.23. The Hall–Kier alpha value is -2.12. The van der Waals surface area contributed by atoms with E-state index in [9.17, 15) is 28.3 Å². The largest absolute Gasteiger partial charge is 0.465 e. The number of benzene rings is 1. The Bertz CT molecular complexity index is 1090. The van der Waals surface area contributed by atoms with Crippen LogP contribution < -0.4 is 10.4 Å². The van der Waals surface area contributed by atoms with E-state index in [0.717, 1.165) is 11.3 Å². The minimum Gasteiger partial charge on any atom is -0.465 e. The summed E-state index contributed by atoms with van der Waals surface area (Å²) >= 11 is 6.15. The molecule has 0 radical (unpaired) electrons. The van der Waals surface area contributed by atoms with Crippen molar-refractivity contribution >= 4 is 39.3 Å². The fraction of sp³-hybridized carbons (Fsp3) is 0.652. The lowest BCUT2D eigenvalue weighted by atomic mass is 9.73. The van der Waals surface area contributed by atoms with Crippen LogP contribution >= 0.6 is 11.6 Å². The number of carboxylic acid groups (broad SMARTS) is 1. The van der Waals surface area contributed by atoms with Gasteiger partial charge in [0.05, 0.1) is 17.8 Å². The van der Waals surface area contributed by atoms with Crippen molar-refractivity contribution in [1.82, 2.24) is 14.7 Å². The first-order chi connectivity index (χ1) is 17.1. The molecule has 0 aromatic heterocycles. The van der Waals surface area contributed by atoms with Crippen molar-refractivity contribution in [2.75, 3.05) is 56.6 Å². The first-order valence-corrected chi connectivity index (χ1v) is 14.1. The van der Waals surface area contributed by atoms with E-state index < -0.39 is 39.2 Å². The molecule has 13 heteroatoms. The van der Waals surface area contributed by atoms with Gasteiger partial charge in [-0.2, -0.15) is 4.31 Å². The van der Waals surface area contributed by atoms with Crippen molar-refractivity contribution in [2.24, 2.45) is 11.3 Å². The number of ether oxygens (including phenoxy) is 1. The molecule has 11 nitrogen and oxygen atoms in total. The van der Waals surface area contributed by atoms with Gasteiger partial charge in [0, 0.05) is 62.0 Å². The number of hydroxylamine groups is 1. The van der Waals surface area contributed by atoms with Gasteiger partial charge in [-0.25, -0.2) is 18.7 Å². The molecule has 3 saturated heterocycles. The fourth-order valence-corrected chi connectivity index (χ4v) is 7.88. The van der Waals surface area contributed by atoms with Crippen LogP contribution in [-0.2, 0) is 19.6 Å². The highest BCUT2D eigenvalue weighted by Crippen LogP contribution is 2.41. The van der Waals surface area contributed by atoms with Crippen LogP contribution in [0.2, 0.25) is 5.02 Å². The number of piperazine rings is 1. The number of hydrogen-bond donors (Lipinski definition) is 3. The Balaban J connectivity index is 1.51. The molecule has 3 atom stereocenters. The second-order valence-corrected chi connectivity index (χ2v) is 12.3. The highest BCUT2D eigenvalue weighted by Gasteiger charge is 2.52. The molecular formula is C23H33ClN4O7S. The van der Waals surface area contributed by atoms with Crippen LogP contribution in [0.25, 0.3) is 0 Å². The highest BCUT2D eigenvalue weighted by atomic mass is 35.5. The van der Waals surface area contributed by atoms with Crippen LogP contribution in [0.5, 0.6) is 0 Å². The average molecular weight is 545 g/mol. The maximum Gasteiger partial charge on any atom is 0.407 e. The first-order valence-electron chi connectivity index (χ1n) is 12.1. The molecule has 4 rings (SSSR count). The second-order valence-electron chi connectivity index (χ2n) is 9.92. The Labute approximate surface area is 215 Å². The van der Waals surface area contributed by atoms with E-state index in [1.54, 1.807) is 5.48 Å². The van der Waals surface area contributed by atoms with Gasteiger partial charge in [-0.3, -0.25) is 10.0 Å². The number of carbonyl (C=O) groups is 2. The third kappa shape index (κ3) is 5.42. The zero-order valence-corrected chi connectivity index (χ0v) is 21.8. The predicted octanol–water partition coefficient (Wildman–Crippen LogP) is 1.77. The molecule has 2 amide bonds. The van der Waals surface area contributed by atoms with Crippen molar-refractivity contribution < 1.29 is 33.1 Å². The number of nitrogens with zero attached hydrogens (tertiary/aromatic N) is 3. The van der Waals surface area contributed by atoms with Gasteiger partial charge in [0.25, 0.3) is 5.91 Å². The van der Waals surface area contributed by atoms with Crippen LogP contribution in [-0.4, -0.2) is 97.7 Å². The van der Waals surface area contributed by atoms with Crippen LogP contribution in [0.15, 0.2) is 18.2 Å². The van der Waals surface area contributed by atoms with Gasteiger partial charge in [0.15, 0.2) is 0 Å². The van der Waals surface area contributed by atoms with Crippen molar-refractivity contribution in [3.63, 3.8) is 0 Å². The number of aryl methyl sites for hydroxylation is 1. The molecule has 3 aliphatic rings. The van der Waals surface area contributed by atoms with Gasteiger partial charge < -0.3 is 19.6 Å². The number of anilines is 1. The number of halogens is 1. The lowest BCUT2D eigenvalue weighted by molar-refractivity contribution is -0.143. The number of hydrogen-bond acceptors (Lipinski definition) is 7. The molecule has 3 aliphatic heterocycles. The van der Waals surface area contributed by atoms with Crippen LogP contribution in [0, 0.1) is 18.3 Å². The number of amides is 2. The van der Waals surface area contributed by atoms with E-state index in [-0.39, 0.29) is 38.4 Å². The van der Waals surface area contributed by atoms with Gasteiger partial charge in [-0.05, 0) is 43.9 Å². The molecule has 0 saturated carbocycles. The zero-order valence-electron chi connectivity index (χ0n) is 20.2. The van der Waals surface area contributed by atoms with Gasteiger partial charge in [-0.15, -0.1) is 0 Å². The van der Waals surface area contributed by atoms with Crippen LogP contribution in [0.4, 0.5) is 10.5 Å². The molecule has 0 aliphatic carbocycles. The Morgan fingerprint density at radius 3 is 2.56 bits per heavy atom. The monoisotopic (exact) mass is 544 g/mol. The Morgan fingerprint density at radius 2 is 1.94 bits per heavy atom. The van der Waals surface area contributed by atoms with Gasteiger partial charge in [0.2, 0.25) is 10.0 Å². The number of carbonyl (C=O) groups excluding carboxylic acids is 1. The van der Waals surface area contributed by atoms with Gasteiger partial charge in [0.1, 0.15) is 0 Å². The van der Waals surface area contributed by atoms with Gasteiger partial charge >= 0.3 is 6.09 Å². The van der Waals surface area contributed by atoms with Crippen molar-refractivity contribution in [3.8, 4) is 0 Å². The Kier molecular flexibility index (Phi) is 8.01. The maximum atomic E-state index is 13.6. The van der Waals surface area contributed by atoms with E-state index in [4.69, 9.17) is 16.3 Å². The first kappa shape index (κ1) is 26.9. The van der Waals surface area contributed by atoms with Gasteiger partial charge in [-0.1, -0.05) is 17.7 Å². The van der Waals surface area contributed by atoms with E-state index >= 15 is 0 Å². The molecule has 1 aromatic carbocycles. The third-order valence-electron chi connectivity index (χ3n) is 7.77. The molecular weight excluding hydrogens is 512 g/mol. The second kappa shape index (κ2) is 10.7. The standard InChI is InChI=1S/C23H33ClN4O7S/c1-16-2-3-18(24)12-19(16)26-7-9-27(10-8-26)36(33,34)15-23(21(29)25-32)5-6-28(22(30)31)20(13-23)17-4-11-35-14-17/h2-3,12,17,20,32H,4-11,13-15H2,1H3,(H,25,29)(H,30,31). The minimum atomic E-state index is -3.89. The molecule has 3 unspecified atom stereocenters. The average Bonchev–Trinajstić information content (AvgIpc) is 3.39. The molecule has 200 valence electrons. The summed E-state index contributed by atoms with van der Waals surface area (Å²) in [5.41, 5.74) is 2.21. The summed E-state index contributed by atoms with van der Waals surface area (Å²) in [6.07, 6.45) is -0.486. The predicted molar refractivity (Wildman–Crippen MR) is 133 cm³/mol. The Morgan fingerprint density at radius 1 is 1.22 bits per heavy atom. The van der Waals surface area contributed by atoms with E-state index in [0.29, 0.717) is 37.7 Å². The summed E-state index contributed by atoms with van der Waals surface area (Å²) in [5.74, 6) is -1.44. The third-order valence-corrected chi connectivity index (χ3v) is 10.1. The highest BCUT2D eigenvalue weighted by molar-refractivity contribution is 7.89. The lowest BCUT2D eigenvalue weighted by Crippen LogP contribution is -2.60. The number of nitrogens with one attached hydrogen (secondary N) is 1. The molecule has 3 N–H and O–H groups in total. The van der Waals surface area contributed by atoms with E-state index in [2.05, 4.69) is 4.90 Å². The summed E-state index contributed by atoms with van der Waals surface area (Å²) in [4.78, 5) is 28.2. The fourth-order valence-electron chi connectivity index (χ4n) is 5.72. The normalized spacial score (nSPS) is 27.8. The zero-order chi connectivity index (χ0) is 26.1. The van der Waals surface area contributed by atoms with Crippen molar-refractivity contribution in [3.05, 3.63) is 28.8 Å². The van der Waals surface area contributed by atoms with Crippen molar-refractivity contribution in [2.45, 2.75) is 32.2 Å². The van der Waals surface area contributed by atoms with E-state index in [1.165, 1.54) is 9.21 Å². The molecule has 0 spiro atoms. The molecule has 3 fully saturated rings. The summed E-state index contributed by atoms with van der Waals surface area (Å²) in [6, 6.07) is 5.03. The maximum absolute atomic E-state index is 13.6. The topological polar surface area (TPSA) is 140 Å². The van der Waals surface area contributed by atoms with Crippen LogP contribution in [0.1, 0.15) is 24.8 Å². The summed E-state index contributed by atoms with van der Waals surface area (Å²) in [5, 5.41) is 19.8. The molecule has 36 heavy (non-hydrogen) atoms. The quantitative estimate of drug-likeness (QED) is 0.363. The lowest BCUT2D eigenvalue weighted by Gasteiger charge is -2.46. The number of sulfonamides is 1. The summed E-state index contributed by atoms with van der Waals surface area (Å²) in [7, 11) is -3.89. The molecule has 0 bridgehead atoms. The summed E-state index contributed by atoms with van der Waals surface area (Å²) < 4.78 is 33.9. The van der Waals surface area contributed by atoms with Crippen molar-refractivity contribution in [1.29, 1.82) is 0 Å². The SMILES string of the molecule is Cc1ccc(Cl)cc1N1CCN(S(=O)(=O)CC2(C(=O)NO)CCN(C(=O)O)C(C3CCOC3)C2)CC1. The number of rotatable bonds is 6. The smallest absolute Gasteiger partial charge is 0.407 e. The minimum absolute atomic E-state index is 0.000619. The number of likely N-dealkylation sites (tertiary alicyclic amines) is 1. The number of piperidine rings is 1. The van der Waals surface area contributed by atoms with Crippen LogP contribution in [0.3, 0.4) is 0 Å².